The lowest BCUT2D eigenvalue weighted by atomic mass is 10.1. The average Bonchev–Trinajstić information content (AvgIpc) is 2.12. The third kappa shape index (κ3) is 1.05. The second-order valence-electron chi connectivity index (χ2n) is 3.27. The first-order valence-electron chi connectivity index (χ1n) is 4.34. The third-order valence-corrected chi connectivity index (χ3v) is 2.48. The van der Waals surface area contributed by atoms with E-state index in [1.54, 1.807) is 6.33 Å². The number of hydrogen-bond donors (Lipinski definition) is 0. The smallest absolute Gasteiger partial charge is 0.275 e. The Morgan fingerprint density at radius 3 is 3.17 bits per heavy atom. The van der Waals surface area contributed by atoms with Gasteiger partial charge in [-0.05, 0) is 26.2 Å². The summed E-state index contributed by atoms with van der Waals surface area (Å²) in [5, 5.41) is 0. The Hall–Kier alpha value is -1.12. The van der Waals surface area contributed by atoms with Crippen LogP contribution in [0.5, 0.6) is 0 Å². The van der Waals surface area contributed by atoms with Crippen molar-refractivity contribution in [2.75, 3.05) is 0 Å². The zero-order valence-corrected chi connectivity index (χ0v) is 7.21. The summed E-state index contributed by atoms with van der Waals surface area (Å²) in [5.41, 5.74) is 1.95. The number of aryl methyl sites for hydroxylation is 1. The van der Waals surface area contributed by atoms with Crippen molar-refractivity contribution in [2.45, 2.75) is 32.7 Å². The molecule has 0 aliphatic carbocycles. The van der Waals surface area contributed by atoms with Gasteiger partial charge in [0.05, 0.1) is 6.33 Å². The van der Waals surface area contributed by atoms with Gasteiger partial charge in [0.15, 0.2) is 0 Å². The molecule has 0 amide bonds. The lowest BCUT2D eigenvalue weighted by molar-refractivity contribution is 0.512. The van der Waals surface area contributed by atoms with Gasteiger partial charge in [-0.3, -0.25) is 4.79 Å². The second-order valence-corrected chi connectivity index (χ2v) is 3.27. The van der Waals surface area contributed by atoms with E-state index in [9.17, 15) is 4.79 Å². The van der Waals surface area contributed by atoms with E-state index >= 15 is 0 Å². The van der Waals surface area contributed by atoms with E-state index in [0.29, 0.717) is 0 Å². The maximum absolute atomic E-state index is 11.2. The highest BCUT2D eigenvalue weighted by Gasteiger charge is 2.11. The highest BCUT2D eigenvalue weighted by Crippen LogP contribution is 2.14. The van der Waals surface area contributed by atoms with Gasteiger partial charge in [0.25, 0.3) is 5.56 Å². The fraction of sp³-hybridized carbons (Fsp3) is 0.556. The predicted molar refractivity (Wildman–Crippen MR) is 46.2 cm³/mol. The van der Waals surface area contributed by atoms with Crippen molar-refractivity contribution in [3.8, 4) is 0 Å². The van der Waals surface area contributed by atoms with E-state index in [1.165, 1.54) is 18.5 Å². The van der Waals surface area contributed by atoms with Crippen LogP contribution in [0.2, 0.25) is 0 Å². The maximum atomic E-state index is 11.2. The minimum Gasteiger partial charge on any atom is -0.336 e. The van der Waals surface area contributed by atoms with Crippen LogP contribution >= 0.6 is 0 Å². The van der Waals surface area contributed by atoms with Gasteiger partial charge in [-0.25, -0.2) is 0 Å². The topological polar surface area (TPSA) is 34.9 Å². The molecule has 0 fully saturated rings. The van der Waals surface area contributed by atoms with Gasteiger partial charge in [0.1, 0.15) is 0 Å². The monoisotopic (exact) mass is 164 g/mol. The lowest BCUT2D eigenvalue weighted by Gasteiger charge is -2.19. The van der Waals surface area contributed by atoms with Crippen LogP contribution in [0.15, 0.2) is 11.1 Å². The van der Waals surface area contributed by atoms with E-state index in [4.69, 9.17) is 0 Å². The van der Waals surface area contributed by atoms with Crippen LogP contribution < -0.4 is 5.56 Å². The van der Waals surface area contributed by atoms with Crippen molar-refractivity contribution in [2.24, 2.45) is 0 Å². The number of aromatic nitrogens is 2. The molecule has 1 aromatic heterocycles. The molecule has 0 aromatic carbocycles. The molecule has 0 spiro atoms. The molecule has 0 unspecified atom stereocenters. The molecule has 0 N–H and O–H groups in total. The molecule has 0 atom stereocenters. The molecule has 0 bridgehead atoms. The van der Waals surface area contributed by atoms with Gasteiger partial charge in [-0.1, -0.05) is 0 Å². The maximum Gasteiger partial charge on any atom is 0.275 e. The Balaban J connectivity index is 2.61. The Morgan fingerprint density at radius 2 is 2.33 bits per heavy atom. The zero-order chi connectivity index (χ0) is 8.55. The molecule has 3 heteroatoms. The molecule has 0 saturated carbocycles. The molecule has 2 heterocycles. The van der Waals surface area contributed by atoms with E-state index < -0.39 is 0 Å². The van der Waals surface area contributed by atoms with Gasteiger partial charge in [0.2, 0.25) is 0 Å². The van der Waals surface area contributed by atoms with Crippen LogP contribution in [0, 0.1) is 6.92 Å². The van der Waals surface area contributed by atoms with Gasteiger partial charge in [0, 0.05) is 17.8 Å². The summed E-state index contributed by atoms with van der Waals surface area (Å²) >= 11 is 0. The number of hydrogen-bond acceptors (Lipinski definition) is 2. The second kappa shape index (κ2) is 2.73. The van der Waals surface area contributed by atoms with Crippen LogP contribution in [-0.2, 0) is 13.0 Å². The van der Waals surface area contributed by atoms with E-state index in [0.717, 1.165) is 18.5 Å². The highest BCUT2D eigenvalue weighted by atomic mass is 16.1. The Bertz CT molecular complexity index is 354. The molecule has 2 rings (SSSR count). The van der Waals surface area contributed by atoms with Crippen LogP contribution in [0.25, 0.3) is 0 Å². The summed E-state index contributed by atoms with van der Waals surface area (Å²) in [5.74, 6) is 0. The molecular weight excluding hydrogens is 152 g/mol. The first kappa shape index (κ1) is 7.53. The number of fused-ring (bicyclic) bond motifs is 1. The molecule has 3 nitrogen and oxygen atoms in total. The number of nitrogens with zero attached hydrogens (tertiary/aromatic N) is 2. The summed E-state index contributed by atoms with van der Waals surface area (Å²) in [6, 6.07) is 0. The van der Waals surface area contributed by atoms with Crippen molar-refractivity contribution in [1.29, 1.82) is 0 Å². The standard InChI is InChI=1S/C9H12N2O/c1-7-8-4-2-3-5-11(8)6-10-9(7)12/h6H,2-5H2,1H3. The first-order valence-corrected chi connectivity index (χ1v) is 4.34. The SMILES string of the molecule is Cc1c2n(cnc1=O)CCCC2. The molecule has 1 aliphatic rings. The predicted octanol–water partition coefficient (Wildman–Crippen LogP) is 0.888. The minimum absolute atomic E-state index is 0.0665. The summed E-state index contributed by atoms with van der Waals surface area (Å²) in [7, 11) is 0. The molecule has 1 aromatic rings. The molecule has 0 saturated heterocycles. The van der Waals surface area contributed by atoms with E-state index in [-0.39, 0.29) is 5.56 Å². The van der Waals surface area contributed by atoms with Crippen molar-refractivity contribution >= 4 is 0 Å². The van der Waals surface area contributed by atoms with Crippen molar-refractivity contribution in [3.63, 3.8) is 0 Å². The number of rotatable bonds is 0. The fourth-order valence-corrected chi connectivity index (χ4v) is 1.73. The minimum atomic E-state index is -0.0665. The summed E-state index contributed by atoms with van der Waals surface area (Å²) < 4.78 is 2.10. The van der Waals surface area contributed by atoms with E-state index in [1.807, 2.05) is 6.92 Å². The van der Waals surface area contributed by atoms with Gasteiger partial charge in [-0.15, -0.1) is 0 Å². The normalized spacial score (nSPS) is 15.8. The third-order valence-electron chi connectivity index (χ3n) is 2.48. The summed E-state index contributed by atoms with van der Waals surface area (Å²) in [4.78, 5) is 15.0. The quantitative estimate of drug-likeness (QED) is 0.570. The van der Waals surface area contributed by atoms with Gasteiger partial charge in [-0.2, -0.15) is 4.98 Å². The zero-order valence-electron chi connectivity index (χ0n) is 7.21. The molecular formula is C9H12N2O. The van der Waals surface area contributed by atoms with E-state index in [2.05, 4.69) is 9.55 Å². The van der Waals surface area contributed by atoms with Crippen molar-refractivity contribution in [1.82, 2.24) is 9.55 Å². The Morgan fingerprint density at radius 1 is 1.50 bits per heavy atom. The van der Waals surface area contributed by atoms with Crippen LogP contribution in [0.4, 0.5) is 0 Å². The molecule has 1 aliphatic heterocycles. The first-order chi connectivity index (χ1) is 5.79. The molecule has 12 heavy (non-hydrogen) atoms. The Kier molecular flexibility index (Phi) is 1.71. The van der Waals surface area contributed by atoms with Gasteiger partial charge < -0.3 is 4.57 Å². The fourth-order valence-electron chi connectivity index (χ4n) is 1.73. The Labute approximate surface area is 71.1 Å². The average molecular weight is 164 g/mol. The lowest BCUT2D eigenvalue weighted by Crippen LogP contribution is -2.22. The van der Waals surface area contributed by atoms with Crippen LogP contribution in [0.1, 0.15) is 24.1 Å². The largest absolute Gasteiger partial charge is 0.336 e. The van der Waals surface area contributed by atoms with Crippen molar-refractivity contribution in [3.05, 3.63) is 27.9 Å². The van der Waals surface area contributed by atoms with Crippen LogP contribution in [0.3, 0.4) is 0 Å². The molecule has 0 radical (unpaired) electrons. The summed E-state index contributed by atoms with van der Waals surface area (Å²) in [6.07, 6.45) is 5.11. The summed E-state index contributed by atoms with van der Waals surface area (Å²) in [6.45, 7) is 2.88. The van der Waals surface area contributed by atoms with Crippen LogP contribution in [-0.4, -0.2) is 9.55 Å². The molecule has 64 valence electrons. The highest BCUT2D eigenvalue weighted by molar-refractivity contribution is 5.16. The van der Waals surface area contributed by atoms with Gasteiger partial charge >= 0.3 is 0 Å². The van der Waals surface area contributed by atoms with Crippen molar-refractivity contribution < 1.29 is 0 Å².